The number of aromatic nitrogens is 5. The number of amides is 1. The molecule has 1 fully saturated rings. The largest absolute Gasteiger partial charge is 0.290 e. The molecule has 2 aliphatic rings. The molecule has 8 heteroatoms. The first-order valence-corrected chi connectivity index (χ1v) is 8.86. The van der Waals surface area contributed by atoms with Gasteiger partial charge in [-0.3, -0.25) is 14.5 Å². The van der Waals surface area contributed by atoms with Gasteiger partial charge >= 0.3 is 0 Å². The lowest BCUT2D eigenvalue weighted by Gasteiger charge is -2.08. The number of carbonyl (C=O) groups is 1. The molecular formula is C18H19FN6O. The fourth-order valence-electron chi connectivity index (χ4n) is 3.00. The molecule has 5 rings (SSSR count). The molecule has 0 radical (unpaired) electrons. The van der Waals surface area contributed by atoms with Crippen LogP contribution in [0, 0.1) is 5.82 Å². The Morgan fingerprint density at radius 2 is 1.81 bits per heavy atom. The number of halogens is 1. The summed E-state index contributed by atoms with van der Waals surface area (Å²) in [6, 6.07) is 1.84. The highest BCUT2D eigenvalue weighted by Crippen LogP contribution is 2.25. The average Bonchev–Trinajstić information content (AvgIpc) is 3.22. The molecule has 0 aliphatic heterocycles. The van der Waals surface area contributed by atoms with Crippen LogP contribution in [-0.2, 0) is 12.8 Å². The zero-order chi connectivity index (χ0) is 17.9. The number of hydrogen-bond donors (Lipinski definition) is 1. The first kappa shape index (κ1) is 16.6. The molecule has 1 amide bonds. The van der Waals surface area contributed by atoms with Crippen LogP contribution in [-0.4, -0.2) is 30.5 Å². The molecule has 3 aromatic rings. The van der Waals surface area contributed by atoms with Gasteiger partial charge in [0, 0.05) is 5.69 Å². The Morgan fingerprint density at radius 1 is 1.08 bits per heavy atom. The van der Waals surface area contributed by atoms with E-state index in [0.717, 1.165) is 42.9 Å². The van der Waals surface area contributed by atoms with E-state index in [9.17, 15) is 9.18 Å². The van der Waals surface area contributed by atoms with Crippen LogP contribution >= 0.6 is 0 Å². The lowest BCUT2D eigenvalue weighted by atomic mass is 10.0. The predicted octanol–water partition coefficient (Wildman–Crippen LogP) is 2.96. The van der Waals surface area contributed by atoms with Crippen LogP contribution in [0.2, 0.25) is 0 Å². The fourth-order valence-corrected chi connectivity index (χ4v) is 3.00. The van der Waals surface area contributed by atoms with Gasteiger partial charge in [-0.2, -0.15) is 0 Å². The van der Waals surface area contributed by atoms with Crippen LogP contribution in [0.15, 0.2) is 24.8 Å². The second-order valence-corrected chi connectivity index (χ2v) is 6.50. The van der Waals surface area contributed by atoms with Gasteiger partial charge in [-0.15, -0.1) is 10.2 Å². The van der Waals surface area contributed by atoms with E-state index in [-0.39, 0.29) is 11.9 Å². The molecule has 134 valence electrons. The van der Waals surface area contributed by atoms with Crippen molar-refractivity contribution in [3.8, 4) is 0 Å². The topological polar surface area (TPSA) is 85.1 Å². The highest BCUT2D eigenvalue weighted by Gasteiger charge is 2.21. The average molecular weight is 354 g/mol. The molecule has 0 atom stereocenters. The second-order valence-electron chi connectivity index (χ2n) is 6.50. The molecule has 1 saturated carbocycles. The zero-order valence-electron chi connectivity index (χ0n) is 14.3. The van der Waals surface area contributed by atoms with Gasteiger partial charge in [0.15, 0.2) is 11.5 Å². The van der Waals surface area contributed by atoms with E-state index in [2.05, 4.69) is 25.5 Å². The zero-order valence-corrected chi connectivity index (χ0v) is 14.3. The third kappa shape index (κ3) is 3.26. The molecule has 1 N–H and O–H groups in total. The van der Waals surface area contributed by atoms with E-state index >= 15 is 0 Å². The molecule has 0 spiro atoms. The van der Waals surface area contributed by atoms with E-state index in [1.165, 1.54) is 25.7 Å². The van der Waals surface area contributed by atoms with Gasteiger partial charge in [0.1, 0.15) is 6.33 Å². The third-order valence-electron chi connectivity index (χ3n) is 4.72. The van der Waals surface area contributed by atoms with Crippen molar-refractivity contribution in [1.82, 2.24) is 24.6 Å². The molecule has 0 saturated heterocycles. The SMILES string of the molecule is C1CCC1.O=C(Nc1ncc(F)cn1)c1cc2c(n3cnnc13)CCC2. The lowest BCUT2D eigenvalue weighted by molar-refractivity contribution is 0.102. The van der Waals surface area contributed by atoms with Crippen molar-refractivity contribution in [1.29, 1.82) is 0 Å². The molecular weight excluding hydrogens is 335 g/mol. The van der Waals surface area contributed by atoms with Crippen molar-refractivity contribution in [2.45, 2.75) is 44.9 Å². The monoisotopic (exact) mass is 354 g/mol. The Bertz CT molecular complexity index is 929. The first-order valence-electron chi connectivity index (χ1n) is 8.86. The summed E-state index contributed by atoms with van der Waals surface area (Å²) in [6.07, 6.45) is 12.5. The Morgan fingerprint density at radius 3 is 2.50 bits per heavy atom. The number of hydrogen-bond acceptors (Lipinski definition) is 5. The maximum absolute atomic E-state index is 12.8. The Kier molecular flexibility index (Phi) is 4.55. The normalized spacial score (nSPS) is 15.0. The van der Waals surface area contributed by atoms with Crippen molar-refractivity contribution in [3.63, 3.8) is 0 Å². The summed E-state index contributed by atoms with van der Waals surface area (Å²) in [7, 11) is 0. The molecule has 3 aromatic heterocycles. The highest BCUT2D eigenvalue weighted by molar-refractivity contribution is 6.07. The van der Waals surface area contributed by atoms with E-state index in [1.54, 1.807) is 6.33 Å². The maximum Gasteiger partial charge on any atom is 0.261 e. The van der Waals surface area contributed by atoms with E-state index in [0.29, 0.717) is 11.2 Å². The first-order chi connectivity index (χ1) is 12.7. The summed E-state index contributed by atoms with van der Waals surface area (Å²) < 4.78 is 14.7. The van der Waals surface area contributed by atoms with Crippen LogP contribution in [0.3, 0.4) is 0 Å². The highest BCUT2D eigenvalue weighted by atomic mass is 19.1. The van der Waals surface area contributed by atoms with Crippen LogP contribution < -0.4 is 5.32 Å². The van der Waals surface area contributed by atoms with E-state index in [1.807, 2.05) is 10.5 Å². The van der Waals surface area contributed by atoms with Gasteiger partial charge < -0.3 is 0 Å². The molecule has 0 bridgehead atoms. The summed E-state index contributed by atoms with van der Waals surface area (Å²) in [5.41, 5.74) is 3.18. The number of fused-ring (bicyclic) bond motifs is 3. The minimum absolute atomic E-state index is 0.0459. The number of pyridine rings is 1. The van der Waals surface area contributed by atoms with Crippen molar-refractivity contribution in [3.05, 3.63) is 47.4 Å². The number of nitrogens with one attached hydrogen (secondary N) is 1. The molecule has 0 aromatic carbocycles. The van der Waals surface area contributed by atoms with Gasteiger partial charge in [-0.25, -0.2) is 14.4 Å². The van der Waals surface area contributed by atoms with Crippen molar-refractivity contribution < 1.29 is 9.18 Å². The summed E-state index contributed by atoms with van der Waals surface area (Å²) in [5.74, 6) is -0.903. The van der Waals surface area contributed by atoms with Gasteiger partial charge in [0.05, 0.1) is 18.0 Å². The van der Waals surface area contributed by atoms with Gasteiger partial charge in [0.25, 0.3) is 5.91 Å². The summed E-state index contributed by atoms with van der Waals surface area (Å²) in [5, 5.41) is 10.5. The minimum Gasteiger partial charge on any atom is -0.290 e. The third-order valence-corrected chi connectivity index (χ3v) is 4.72. The standard InChI is InChI=1S/C14H11FN6O.C4H8/c15-9-5-16-14(17-6-9)19-13(22)10-4-8-2-1-3-11(8)21-7-18-20-12(10)21;1-2-4-3-1/h4-7H,1-3H2,(H,16,17,19,22);1-4H2. The number of nitrogens with zero attached hydrogens (tertiary/aromatic N) is 5. The Labute approximate surface area is 149 Å². The molecule has 7 nitrogen and oxygen atoms in total. The number of rotatable bonds is 2. The summed E-state index contributed by atoms with van der Waals surface area (Å²) in [4.78, 5) is 19.9. The summed E-state index contributed by atoms with van der Waals surface area (Å²) >= 11 is 0. The van der Waals surface area contributed by atoms with Gasteiger partial charge in [-0.1, -0.05) is 25.7 Å². The maximum atomic E-state index is 12.8. The molecule has 2 aliphatic carbocycles. The lowest BCUT2D eigenvalue weighted by Crippen LogP contribution is -2.16. The molecule has 26 heavy (non-hydrogen) atoms. The number of aryl methyl sites for hydroxylation is 2. The molecule has 3 heterocycles. The molecule has 0 unspecified atom stereocenters. The quantitative estimate of drug-likeness (QED) is 0.765. The van der Waals surface area contributed by atoms with Gasteiger partial charge in [-0.05, 0) is 30.9 Å². The fraction of sp³-hybridized carbons (Fsp3) is 0.389. The second kappa shape index (κ2) is 7.15. The van der Waals surface area contributed by atoms with E-state index in [4.69, 9.17) is 0 Å². The minimum atomic E-state index is -0.560. The smallest absolute Gasteiger partial charge is 0.261 e. The summed E-state index contributed by atoms with van der Waals surface area (Å²) in [6.45, 7) is 0. The van der Waals surface area contributed by atoms with Crippen LogP contribution in [0.5, 0.6) is 0 Å². The van der Waals surface area contributed by atoms with Gasteiger partial charge in [0.2, 0.25) is 5.95 Å². The van der Waals surface area contributed by atoms with Crippen molar-refractivity contribution in [2.75, 3.05) is 5.32 Å². The Hall–Kier alpha value is -2.90. The van der Waals surface area contributed by atoms with Crippen molar-refractivity contribution in [2.24, 2.45) is 0 Å². The predicted molar refractivity (Wildman–Crippen MR) is 93.4 cm³/mol. The van der Waals surface area contributed by atoms with Crippen LogP contribution in [0.25, 0.3) is 5.65 Å². The van der Waals surface area contributed by atoms with Crippen LogP contribution in [0.4, 0.5) is 10.3 Å². The Balaban J connectivity index is 0.000000373. The van der Waals surface area contributed by atoms with Crippen LogP contribution in [0.1, 0.15) is 53.7 Å². The number of anilines is 1. The number of carbonyl (C=O) groups excluding carboxylic acids is 1. The van der Waals surface area contributed by atoms with E-state index < -0.39 is 5.82 Å². The van der Waals surface area contributed by atoms with Crippen molar-refractivity contribution >= 4 is 17.5 Å².